The van der Waals surface area contributed by atoms with Gasteiger partial charge in [-0.1, -0.05) is 20.8 Å². The Balaban J connectivity index is 2.39. The van der Waals surface area contributed by atoms with Crippen molar-refractivity contribution in [2.75, 3.05) is 10.7 Å². The van der Waals surface area contributed by atoms with Crippen molar-refractivity contribution in [1.29, 1.82) is 0 Å². The number of rotatable bonds is 5. The molecule has 6 heteroatoms. The Bertz CT molecular complexity index is 522. The fourth-order valence-corrected chi connectivity index (χ4v) is 2.71. The smallest absolute Gasteiger partial charge is 0.240 e. The molecule has 4 N–H and O–H groups in total. The molecule has 0 amide bonds. The number of anilines is 2. The first-order valence-corrected chi connectivity index (χ1v) is 7.02. The lowest BCUT2D eigenvalue weighted by Crippen LogP contribution is -2.25. The van der Waals surface area contributed by atoms with Crippen molar-refractivity contribution in [3.63, 3.8) is 0 Å². The third-order valence-corrected chi connectivity index (χ3v) is 3.83. The zero-order valence-electron chi connectivity index (χ0n) is 10.9. The van der Waals surface area contributed by atoms with Gasteiger partial charge in [-0.3, -0.25) is 5.43 Å². The SMILES string of the molecule is CCC(Nc1nc(NN)nc2sccc12)C(C)C. The number of hydrogen-bond donors (Lipinski definition) is 3. The minimum Gasteiger partial charge on any atom is -0.366 e. The van der Waals surface area contributed by atoms with Gasteiger partial charge in [-0.15, -0.1) is 11.3 Å². The van der Waals surface area contributed by atoms with Gasteiger partial charge in [-0.2, -0.15) is 4.98 Å². The number of aromatic nitrogens is 2. The molecule has 0 fully saturated rings. The van der Waals surface area contributed by atoms with Crippen molar-refractivity contribution in [1.82, 2.24) is 9.97 Å². The van der Waals surface area contributed by atoms with Crippen LogP contribution in [0.4, 0.5) is 11.8 Å². The van der Waals surface area contributed by atoms with Gasteiger partial charge in [0.15, 0.2) is 0 Å². The molecular weight excluding hydrogens is 246 g/mol. The number of nitrogens with two attached hydrogens (primary N) is 1. The largest absolute Gasteiger partial charge is 0.366 e. The van der Waals surface area contributed by atoms with E-state index in [0.717, 1.165) is 22.5 Å². The summed E-state index contributed by atoms with van der Waals surface area (Å²) in [5.74, 6) is 7.26. The van der Waals surface area contributed by atoms with E-state index in [4.69, 9.17) is 5.84 Å². The van der Waals surface area contributed by atoms with E-state index in [1.807, 2.05) is 11.4 Å². The molecule has 0 saturated heterocycles. The topological polar surface area (TPSA) is 75.9 Å². The van der Waals surface area contributed by atoms with E-state index in [1.165, 1.54) is 0 Å². The van der Waals surface area contributed by atoms with E-state index in [9.17, 15) is 0 Å². The van der Waals surface area contributed by atoms with Crippen LogP contribution < -0.4 is 16.6 Å². The summed E-state index contributed by atoms with van der Waals surface area (Å²) >= 11 is 1.59. The van der Waals surface area contributed by atoms with Crippen LogP contribution in [0.1, 0.15) is 27.2 Å². The zero-order chi connectivity index (χ0) is 13.1. The molecule has 2 heterocycles. The summed E-state index contributed by atoms with van der Waals surface area (Å²) in [4.78, 5) is 9.68. The molecule has 98 valence electrons. The van der Waals surface area contributed by atoms with E-state index in [1.54, 1.807) is 11.3 Å². The monoisotopic (exact) mass is 265 g/mol. The van der Waals surface area contributed by atoms with Crippen LogP contribution in [-0.2, 0) is 0 Å². The summed E-state index contributed by atoms with van der Waals surface area (Å²) in [7, 11) is 0. The van der Waals surface area contributed by atoms with Gasteiger partial charge in [-0.25, -0.2) is 10.8 Å². The zero-order valence-corrected chi connectivity index (χ0v) is 11.7. The van der Waals surface area contributed by atoms with Crippen LogP contribution in [0.5, 0.6) is 0 Å². The molecular formula is C12H19N5S. The summed E-state index contributed by atoms with van der Waals surface area (Å²) < 4.78 is 0. The van der Waals surface area contributed by atoms with Crippen LogP contribution in [0, 0.1) is 5.92 Å². The predicted molar refractivity (Wildman–Crippen MR) is 77.8 cm³/mol. The molecule has 2 aromatic heterocycles. The second-order valence-electron chi connectivity index (χ2n) is 4.58. The molecule has 0 aromatic carbocycles. The highest BCUT2D eigenvalue weighted by molar-refractivity contribution is 7.16. The number of fused-ring (bicyclic) bond motifs is 1. The van der Waals surface area contributed by atoms with Crippen LogP contribution in [-0.4, -0.2) is 16.0 Å². The maximum Gasteiger partial charge on any atom is 0.240 e. The summed E-state index contributed by atoms with van der Waals surface area (Å²) in [5, 5.41) is 6.56. The first kappa shape index (κ1) is 13.0. The maximum absolute atomic E-state index is 5.40. The molecule has 18 heavy (non-hydrogen) atoms. The van der Waals surface area contributed by atoms with Crippen molar-refractivity contribution in [3.8, 4) is 0 Å². The highest BCUT2D eigenvalue weighted by Crippen LogP contribution is 2.27. The van der Waals surface area contributed by atoms with Crippen molar-refractivity contribution in [2.24, 2.45) is 11.8 Å². The lowest BCUT2D eigenvalue weighted by atomic mass is 10.0. The Hall–Kier alpha value is -1.40. The second-order valence-corrected chi connectivity index (χ2v) is 5.48. The normalized spacial score (nSPS) is 12.9. The van der Waals surface area contributed by atoms with Gasteiger partial charge in [0.25, 0.3) is 0 Å². The molecule has 0 bridgehead atoms. The minimum absolute atomic E-state index is 0.397. The van der Waals surface area contributed by atoms with Gasteiger partial charge >= 0.3 is 0 Å². The molecule has 2 rings (SSSR count). The Morgan fingerprint density at radius 1 is 1.39 bits per heavy atom. The molecule has 0 aliphatic rings. The van der Waals surface area contributed by atoms with Crippen LogP contribution in [0.3, 0.4) is 0 Å². The van der Waals surface area contributed by atoms with Gasteiger partial charge in [-0.05, 0) is 23.8 Å². The fraction of sp³-hybridized carbons (Fsp3) is 0.500. The van der Waals surface area contributed by atoms with Gasteiger partial charge in [0.2, 0.25) is 5.95 Å². The van der Waals surface area contributed by atoms with E-state index < -0.39 is 0 Å². The van der Waals surface area contributed by atoms with Crippen LogP contribution >= 0.6 is 11.3 Å². The average molecular weight is 265 g/mol. The number of hydrazine groups is 1. The Morgan fingerprint density at radius 2 is 2.17 bits per heavy atom. The van der Waals surface area contributed by atoms with Crippen LogP contribution in [0.2, 0.25) is 0 Å². The van der Waals surface area contributed by atoms with Gasteiger partial charge < -0.3 is 5.32 Å². The van der Waals surface area contributed by atoms with Crippen LogP contribution in [0.15, 0.2) is 11.4 Å². The highest BCUT2D eigenvalue weighted by atomic mass is 32.1. The first-order valence-electron chi connectivity index (χ1n) is 6.14. The Kier molecular flexibility index (Phi) is 3.98. The van der Waals surface area contributed by atoms with E-state index >= 15 is 0 Å². The summed E-state index contributed by atoms with van der Waals surface area (Å²) in [6, 6.07) is 2.43. The van der Waals surface area contributed by atoms with Crippen LogP contribution in [0.25, 0.3) is 10.2 Å². The highest BCUT2D eigenvalue weighted by Gasteiger charge is 2.15. The van der Waals surface area contributed by atoms with E-state index in [-0.39, 0.29) is 0 Å². The molecule has 0 saturated carbocycles. The number of nitrogens with zero attached hydrogens (tertiary/aromatic N) is 2. The Morgan fingerprint density at radius 3 is 2.78 bits per heavy atom. The van der Waals surface area contributed by atoms with E-state index in [0.29, 0.717) is 17.9 Å². The summed E-state index contributed by atoms with van der Waals surface area (Å²) in [6.07, 6.45) is 1.05. The van der Waals surface area contributed by atoms with Crippen molar-refractivity contribution in [3.05, 3.63) is 11.4 Å². The van der Waals surface area contributed by atoms with E-state index in [2.05, 4.69) is 41.5 Å². The summed E-state index contributed by atoms with van der Waals surface area (Å²) in [5.41, 5.74) is 2.51. The minimum atomic E-state index is 0.397. The maximum atomic E-state index is 5.40. The quantitative estimate of drug-likeness (QED) is 0.572. The predicted octanol–water partition coefficient (Wildman–Crippen LogP) is 2.82. The lowest BCUT2D eigenvalue weighted by Gasteiger charge is -2.21. The van der Waals surface area contributed by atoms with Gasteiger partial charge in [0.1, 0.15) is 10.6 Å². The van der Waals surface area contributed by atoms with Crippen molar-refractivity contribution in [2.45, 2.75) is 33.2 Å². The molecule has 0 spiro atoms. The number of nitrogen functional groups attached to an aromatic ring is 1. The average Bonchev–Trinajstić information content (AvgIpc) is 2.83. The second kappa shape index (κ2) is 5.49. The molecule has 1 unspecified atom stereocenters. The van der Waals surface area contributed by atoms with Gasteiger partial charge in [0, 0.05) is 6.04 Å². The molecule has 0 aliphatic carbocycles. The Labute approximate surface area is 111 Å². The van der Waals surface area contributed by atoms with Crippen molar-refractivity contribution >= 4 is 33.3 Å². The third kappa shape index (κ3) is 2.54. The molecule has 0 radical (unpaired) electrons. The van der Waals surface area contributed by atoms with Gasteiger partial charge in [0.05, 0.1) is 5.39 Å². The van der Waals surface area contributed by atoms with Crippen molar-refractivity contribution < 1.29 is 0 Å². The molecule has 5 nitrogen and oxygen atoms in total. The fourth-order valence-electron chi connectivity index (χ4n) is 1.95. The summed E-state index contributed by atoms with van der Waals surface area (Å²) in [6.45, 7) is 6.58. The number of hydrogen-bond acceptors (Lipinski definition) is 6. The number of nitrogens with one attached hydrogen (secondary N) is 2. The lowest BCUT2D eigenvalue weighted by molar-refractivity contribution is 0.510. The number of thiophene rings is 1. The first-order chi connectivity index (χ1) is 8.65. The molecule has 2 aromatic rings. The molecule has 0 aliphatic heterocycles. The third-order valence-electron chi connectivity index (χ3n) is 3.02. The standard InChI is InChI=1S/C12H19N5S/c1-4-9(7(2)3)14-10-8-5-6-18-11(8)16-12(15-10)17-13/h5-7,9H,4,13H2,1-3H3,(H2,14,15,16,17). The molecule has 1 atom stereocenters.